The Labute approximate surface area is 152 Å². The summed E-state index contributed by atoms with van der Waals surface area (Å²) in [5, 5.41) is 12.8. The molecule has 138 valence electrons. The number of hydrogen-bond donors (Lipinski definition) is 3. The first-order valence-corrected chi connectivity index (χ1v) is 9.26. The van der Waals surface area contributed by atoms with E-state index in [0.29, 0.717) is 18.3 Å². The number of H-pyrrole nitrogens is 1. The van der Waals surface area contributed by atoms with Crippen LogP contribution in [0.4, 0.5) is 0 Å². The van der Waals surface area contributed by atoms with Gasteiger partial charge in [0.05, 0.1) is 5.69 Å². The second-order valence-electron chi connectivity index (χ2n) is 6.63. The van der Waals surface area contributed by atoms with E-state index in [-0.39, 0.29) is 11.5 Å². The van der Waals surface area contributed by atoms with Gasteiger partial charge in [0.2, 0.25) is 0 Å². The van der Waals surface area contributed by atoms with Gasteiger partial charge in [0.1, 0.15) is 5.56 Å². The molecule has 2 aromatic heterocycles. The molecule has 26 heavy (non-hydrogen) atoms. The highest BCUT2D eigenvalue weighted by molar-refractivity contribution is 5.94. The van der Waals surface area contributed by atoms with E-state index in [1.54, 1.807) is 24.5 Å². The quantitative estimate of drug-likeness (QED) is 0.659. The average Bonchev–Trinajstić information content (AvgIpc) is 2.69. The van der Waals surface area contributed by atoms with E-state index in [1.165, 1.54) is 38.2 Å². The first kappa shape index (κ1) is 18.3. The summed E-state index contributed by atoms with van der Waals surface area (Å²) in [4.78, 5) is 28.2. The Morgan fingerprint density at radius 3 is 2.69 bits per heavy atom. The minimum atomic E-state index is -0.486. The molecular formula is C19H25N5O2. The minimum Gasteiger partial charge on any atom is -0.352 e. The zero-order chi connectivity index (χ0) is 18.2. The maximum absolute atomic E-state index is 12.3. The molecule has 0 aromatic carbocycles. The van der Waals surface area contributed by atoms with E-state index in [0.717, 1.165) is 18.5 Å². The molecule has 1 aliphatic carbocycles. The van der Waals surface area contributed by atoms with Crippen LogP contribution in [0.25, 0.3) is 11.3 Å². The zero-order valence-electron chi connectivity index (χ0n) is 14.8. The van der Waals surface area contributed by atoms with Crippen molar-refractivity contribution in [2.24, 2.45) is 0 Å². The monoisotopic (exact) mass is 355 g/mol. The lowest BCUT2D eigenvalue weighted by molar-refractivity contribution is 0.0951. The second kappa shape index (κ2) is 9.24. The maximum atomic E-state index is 12.3. The van der Waals surface area contributed by atoms with Crippen LogP contribution in [0.15, 0.2) is 35.4 Å². The third kappa shape index (κ3) is 4.98. The van der Waals surface area contributed by atoms with Gasteiger partial charge in [0.15, 0.2) is 0 Å². The van der Waals surface area contributed by atoms with Crippen LogP contribution < -0.4 is 16.2 Å². The Balaban J connectivity index is 1.50. The van der Waals surface area contributed by atoms with E-state index >= 15 is 0 Å². The number of aromatic nitrogens is 3. The van der Waals surface area contributed by atoms with Crippen molar-refractivity contribution in [2.75, 3.05) is 13.1 Å². The van der Waals surface area contributed by atoms with Crippen molar-refractivity contribution < 1.29 is 4.79 Å². The van der Waals surface area contributed by atoms with Gasteiger partial charge in [-0.2, -0.15) is 5.10 Å². The third-order valence-electron chi connectivity index (χ3n) is 4.70. The van der Waals surface area contributed by atoms with E-state index in [1.807, 2.05) is 0 Å². The Bertz CT molecular complexity index is 769. The highest BCUT2D eigenvalue weighted by atomic mass is 16.2. The normalized spacial score (nSPS) is 14.9. The number of nitrogens with zero attached hydrogens (tertiary/aromatic N) is 2. The molecule has 0 bridgehead atoms. The van der Waals surface area contributed by atoms with Crippen LogP contribution in [-0.4, -0.2) is 40.2 Å². The summed E-state index contributed by atoms with van der Waals surface area (Å²) in [5.41, 5.74) is 0.922. The SMILES string of the molecule is O=C(NCCCNC1CCCCC1)c1cc(-c2ccncc2)n[nH]c1=O. The van der Waals surface area contributed by atoms with Gasteiger partial charge in [-0.1, -0.05) is 19.3 Å². The van der Waals surface area contributed by atoms with Crippen molar-refractivity contribution in [3.63, 3.8) is 0 Å². The van der Waals surface area contributed by atoms with Gasteiger partial charge in [-0.25, -0.2) is 5.10 Å². The number of carbonyl (C=O) groups excluding carboxylic acids is 1. The van der Waals surface area contributed by atoms with Gasteiger partial charge >= 0.3 is 0 Å². The van der Waals surface area contributed by atoms with Crippen LogP contribution in [0.3, 0.4) is 0 Å². The summed E-state index contributed by atoms with van der Waals surface area (Å²) in [5.74, 6) is -0.373. The standard InChI is InChI=1S/C19H25N5O2/c25-18(22-10-4-9-21-15-5-2-1-3-6-15)16-13-17(23-24-19(16)26)14-7-11-20-12-8-14/h7-8,11-13,15,21H,1-6,9-10H2,(H,22,25)(H,24,26). The second-order valence-corrected chi connectivity index (χ2v) is 6.63. The van der Waals surface area contributed by atoms with Gasteiger partial charge in [0.25, 0.3) is 11.5 Å². The predicted octanol–water partition coefficient (Wildman–Crippen LogP) is 1.87. The van der Waals surface area contributed by atoms with Crippen LogP contribution in [-0.2, 0) is 0 Å². The topological polar surface area (TPSA) is 99.8 Å². The average molecular weight is 355 g/mol. The smallest absolute Gasteiger partial charge is 0.277 e. The molecule has 0 aliphatic heterocycles. The predicted molar refractivity (Wildman–Crippen MR) is 99.9 cm³/mol. The highest BCUT2D eigenvalue weighted by Crippen LogP contribution is 2.17. The van der Waals surface area contributed by atoms with E-state index in [2.05, 4.69) is 25.8 Å². The van der Waals surface area contributed by atoms with Crippen molar-refractivity contribution in [3.8, 4) is 11.3 Å². The van der Waals surface area contributed by atoms with Crippen LogP contribution in [0.1, 0.15) is 48.9 Å². The Morgan fingerprint density at radius 1 is 1.15 bits per heavy atom. The number of pyridine rings is 1. The van der Waals surface area contributed by atoms with Crippen molar-refractivity contribution >= 4 is 5.91 Å². The number of amides is 1. The molecule has 2 aromatic rings. The van der Waals surface area contributed by atoms with Crippen LogP contribution >= 0.6 is 0 Å². The van der Waals surface area contributed by atoms with Gasteiger partial charge < -0.3 is 10.6 Å². The third-order valence-corrected chi connectivity index (χ3v) is 4.70. The van der Waals surface area contributed by atoms with Gasteiger partial charge in [-0.15, -0.1) is 0 Å². The van der Waals surface area contributed by atoms with E-state index < -0.39 is 5.56 Å². The molecule has 7 nitrogen and oxygen atoms in total. The lowest BCUT2D eigenvalue weighted by atomic mass is 9.95. The van der Waals surface area contributed by atoms with Crippen molar-refractivity contribution in [2.45, 2.75) is 44.6 Å². The van der Waals surface area contributed by atoms with Gasteiger partial charge in [0, 0.05) is 30.5 Å². The van der Waals surface area contributed by atoms with Gasteiger partial charge in [-0.05, 0) is 44.0 Å². The summed E-state index contributed by atoms with van der Waals surface area (Å²) < 4.78 is 0. The summed E-state index contributed by atoms with van der Waals surface area (Å²) in [6.07, 6.45) is 10.6. The molecule has 3 N–H and O–H groups in total. The van der Waals surface area contributed by atoms with Crippen molar-refractivity contribution in [1.82, 2.24) is 25.8 Å². The van der Waals surface area contributed by atoms with Crippen LogP contribution in [0, 0.1) is 0 Å². The molecular weight excluding hydrogens is 330 g/mol. The molecule has 0 unspecified atom stereocenters. The molecule has 0 radical (unpaired) electrons. The number of rotatable bonds is 7. The molecule has 2 heterocycles. The minimum absolute atomic E-state index is 0.0760. The first-order chi connectivity index (χ1) is 12.7. The molecule has 1 aliphatic rings. The fraction of sp³-hybridized carbons (Fsp3) is 0.474. The molecule has 0 spiro atoms. The zero-order valence-corrected chi connectivity index (χ0v) is 14.8. The molecule has 0 saturated heterocycles. The lowest BCUT2D eigenvalue weighted by Gasteiger charge is -2.22. The summed E-state index contributed by atoms with van der Waals surface area (Å²) in [6, 6.07) is 5.69. The largest absolute Gasteiger partial charge is 0.352 e. The first-order valence-electron chi connectivity index (χ1n) is 9.26. The summed E-state index contributed by atoms with van der Waals surface area (Å²) in [7, 11) is 0. The Morgan fingerprint density at radius 2 is 1.92 bits per heavy atom. The molecule has 1 saturated carbocycles. The fourth-order valence-electron chi connectivity index (χ4n) is 3.24. The highest BCUT2D eigenvalue weighted by Gasteiger charge is 2.14. The van der Waals surface area contributed by atoms with Gasteiger partial charge in [-0.3, -0.25) is 14.6 Å². The van der Waals surface area contributed by atoms with Crippen molar-refractivity contribution in [1.29, 1.82) is 0 Å². The van der Waals surface area contributed by atoms with Crippen LogP contribution in [0.5, 0.6) is 0 Å². The summed E-state index contributed by atoms with van der Waals surface area (Å²) in [6.45, 7) is 1.41. The number of hydrogen-bond acceptors (Lipinski definition) is 5. The Kier molecular flexibility index (Phi) is 6.49. The number of carbonyl (C=O) groups is 1. The molecule has 0 atom stereocenters. The molecule has 1 amide bonds. The summed E-state index contributed by atoms with van der Waals surface area (Å²) >= 11 is 0. The van der Waals surface area contributed by atoms with E-state index in [4.69, 9.17) is 0 Å². The molecule has 3 rings (SSSR count). The van der Waals surface area contributed by atoms with Crippen molar-refractivity contribution in [3.05, 3.63) is 46.5 Å². The number of nitrogens with one attached hydrogen (secondary N) is 3. The fourth-order valence-corrected chi connectivity index (χ4v) is 3.24. The molecule has 7 heteroatoms. The number of aromatic amines is 1. The van der Waals surface area contributed by atoms with Crippen LogP contribution in [0.2, 0.25) is 0 Å². The lowest BCUT2D eigenvalue weighted by Crippen LogP contribution is -2.35. The molecule has 1 fully saturated rings. The maximum Gasteiger partial charge on any atom is 0.277 e. The van der Waals surface area contributed by atoms with E-state index in [9.17, 15) is 9.59 Å². The Hall–Kier alpha value is -2.54.